The summed E-state index contributed by atoms with van der Waals surface area (Å²) in [5, 5.41) is 10.5. The number of carbonyl (C=O) groups is 1. The zero-order chi connectivity index (χ0) is 15.0. The van der Waals surface area contributed by atoms with E-state index >= 15 is 0 Å². The van der Waals surface area contributed by atoms with Crippen molar-refractivity contribution in [2.75, 3.05) is 13.1 Å². The van der Waals surface area contributed by atoms with Gasteiger partial charge in [-0.2, -0.15) is 0 Å². The molecule has 1 aliphatic heterocycles. The highest BCUT2D eigenvalue weighted by Gasteiger charge is 2.49. The minimum Gasteiger partial charge on any atom is -0.444 e. The molecule has 3 N–H and O–H groups in total. The molecule has 5 heteroatoms. The fraction of sp³-hybridized carbons (Fsp3) is 0.533. The van der Waals surface area contributed by atoms with Gasteiger partial charge in [0.05, 0.1) is 19.1 Å². The lowest BCUT2D eigenvalue weighted by molar-refractivity contribution is -0.113. The summed E-state index contributed by atoms with van der Waals surface area (Å²) in [6, 6.07) is 8.89. The summed E-state index contributed by atoms with van der Waals surface area (Å²) in [6.07, 6.45) is -0.414. The molecule has 1 aromatic carbocycles. The molecule has 0 bridgehead atoms. The molecular weight excluding hydrogens is 256 g/mol. The topological polar surface area (TPSA) is 75.8 Å². The van der Waals surface area contributed by atoms with Gasteiger partial charge in [0, 0.05) is 0 Å². The molecule has 1 amide bonds. The minimum absolute atomic E-state index is 0.192. The van der Waals surface area contributed by atoms with Gasteiger partial charge in [-0.1, -0.05) is 30.3 Å². The van der Waals surface area contributed by atoms with Crippen molar-refractivity contribution >= 4 is 6.09 Å². The molecule has 1 fully saturated rings. The Morgan fingerprint density at radius 3 is 2.40 bits per heavy atom. The fourth-order valence-electron chi connectivity index (χ4n) is 2.24. The van der Waals surface area contributed by atoms with Gasteiger partial charge in [-0.05, 0) is 26.3 Å². The average Bonchev–Trinajstić information content (AvgIpc) is 2.33. The van der Waals surface area contributed by atoms with Gasteiger partial charge in [0.1, 0.15) is 11.2 Å². The standard InChI is InChI=1S/C15H22N2O3/c1-14(2,3)20-13(18)17-9-15(19,10-17)12(16)11-7-5-4-6-8-11/h4-8,12,19H,9-10,16H2,1-3H3. The Balaban J connectivity index is 1.96. The van der Waals surface area contributed by atoms with Crippen molar-refractivity contribution in [1.82, 2.24) is 4.90 Å². The molecule has 0 saturated carbocycles. The maximum absolute atomic E-state index is 11.8. The van der Waals surface area contributed by atoms with Gasteiger partial charge in [-0.25, -0.2) is 4.79 Å². The predicted octanol–water partition coefficient (Wildman–Crippen LogP) is 1.67. The SMILES string of the molecule is CC(C)(C)OC(=O)N1CC(O)(C(N)c2ccccc2)C1. The highest BCUT2D eigenvalue weighted by atomic mass is 16.6. The molecular formula is C15H22N2O3. The van der Waals surface area contributed by atoms with Crippen LogP contribution in [0.5, 0.6) is 0 Å². The number of nitrogens with two attached hydrogens (primary N) is 1. The molecule has 0 aliphatic carbocycles. The zero-order valence-corrected chi connectivity index (χ0v) is 12.2. The van der Waals surface area contributed by atoms with Crippen molar-refractivity contribution < 1.29 is 14.6 Å². The van der Waals surface area contributed by atoms with E-state index in [0.29, 0.717) is 0 Å². The molecule has 0 aromatic heterocycles. The lowest BCUT2D eigenvalue weighted by Gasteiger charge is -2.49. The van der Waals surface area contributed by atoms with Crippen LogP contribution in [0.25, 0.3) is 0 Å². The molecule has 2 rings (SSSR count). The monoisotopic (exact) mass is 278 g/mol. The van der Waals surface area contributed by atoms with Crippen LogP contribution in [-0.4, -0.2) is 40.4 Å². The van der Waals surface area contributed by atoms with Crippen LogP contribution in [0, 0.1) is 0 Å². The third kappa shape index (κ3) is 3.11. The summed E-state index contributed by atoms with van der Waals surface area (Å²) < 4.78 is 5.26. The van der Waals surface area contributed by atoms with E-state index in [2.05, 4.69) is 0 Å². The van der Waals surface area contributed by atoms with Gasteiger partial charge in [-0.15, -0.1) is 0 Å². The molecule has 1 saturated heterocycles. The van der Waals surface area contributed by atoms with Crippen LogP contribution in [0.15, 0.2) is 30.3 Å². The van der Waals surface area contributed by atoms with E-state index in [1.54, 1.807) is 0 Å². The van der Waals surface area contributed by atoms with Crippen LogP contribution in [0.3, 0.4) is 0 Å². The number of ether oxygens (including phenoxy) is 1. The van der Waals surface area contributed by atoms with Crippen molar-refractivity contribution in [3.05, 3.63) is 35.9 Å². The van der Waals surface area contributed by atoms with Gasteiger partial charge in [0.2, 0.25) is 0 Å². The Morgan fingerprint density at radius 2 is 1.90 bits per heavy atom. The Hall–Kier alpha value is -1.59. The van der Waals surface area contributed by atoms with Crippen molar-refractivity contribution in [3.8, 4) is 0 Å². The van der Waals surface area contributed by atoms with E-state index in [4.69, 9.17) is 10.5 Å². The van der Waals surface area contributed by atoms with Crippen LogP contribution in [-0.2, 0) is 4.74 Å². The Morgan fingerprint density at radius 1 is 1.35 bits per heavy atom. The average molecular weight is 278 g/mol. The smallest absolute Gasteiger partial charge is 0.410 e. The quantitative estimate of drug-likeness (QED) is 0.863. The molecule has 1 aliphatic rings. The van der Waals surface area contributed by atoms with E-state index < -0.39 is 23.3 Å². The van der Waals surface area contributed by atoms with Crippen molar-refractivity contribution in [2.24, 2.45) is 5.73 Å². The molecule has 1 unspecified atom stereocenters. The molecule has 0 radical (unpaired) electrons. The van der Waals surface area contributed by atoms with E-state index in [0.717, 1.165) is 5.56 Å². The van der Waals surface area contributed by atoms with E-state index in [1.165, 1.54) is 4.90 Å². The molecule has 1 atom stereocenters. The number of hydrogen-bond donors (Lipinski definition) is 2. The van der Waals surface area contributed by atoms with Crippen LogP contribution >= 0.6 is 0 Å². The molecule has 1 heterocycles. The van der Waals surface area contributed by atoms with Crippen LogP contribution in [0.2, 0.25) is 0 Å². The molecule has 20 heavy (non-hydrogen) atoms. The number of benzene rings is 1. The minimum atomic E-state index is -1.09. The normalized spacial score (nSPS) is 19.1. The second kappa shape index (κ2) is 5.07. The zero-order valence-electron chi connectivity index (χ0n) is 12.2. The van der Waals surface area contributed by atoms with E-state index in [1.807, 2.05) is 51.1 Å². The first-order valence-electron chi connectivity index (χ1n) is 6.72. The van der Waals surface area contributed by atoms with Gasteiger partial charge in [0.25, 0.3) is 0 Å². The van der Waals surface area contributed by atoms with E-state index in [9.17, 15) is 9.90 Å². The molecule has 0 spiro atoms. The number of rotatable bonds is 2. The second-order valence-corrected chi connectivity index (χ2v) is 6.33. The third-order valence-corrected chi connectivity index (χ3v) is 3.32. The number of hydrogen-bond acceptors (Lipinski definition) is 4. The number of carbonyl (C=O) groups excluding carboxylic acids is 1. The first kappa shape index (κ1) is 14.8. The fourth-order valence-corrected chi connectivity index (χ4v) is 2.24. The Labute approximate surface area is 119 Å². The number of nitrogens with zero attached hydrogens (tertiary/aromatic N) is 1. The number of β-amino-alcohol motifs (C(OH)–C–C–N with tert-alkyl or cyclic N) is 1. The summed E-state index contributed by atoms with van der Waals surface area (Å²) >= 11 is 0. The highest BCUT2D eigenvalue weighted by Crippen LogP contribution is 2.33. The summed E-state index contributed by atoms with van der Waals surface area (Å²) in [5.74, 6) is 0. The van der Waals surface area contributed by atoms with Crippen molar-refractivity contribution in [2.45, 2.75) is 38.0 Å². The van der Waals surface area contributed by atoms with Gasteiger partial charge in [-0.3, -0.25) is 0 Å². The summed E-state index contributed by atoms with van der Waals surface area (Å²) in [6.45, 7) is 5.82. The summed E-state index contributed by atoms with van der Waals surface area (Å²) in [4.78, 5) is 13.3. The van der Waals surface area contributed by atoms with Crippen molar-refractivity contribution in [1.29, 1.82) is 0 Å². The molecule has 1 aromatic rings. The summed E-state index contributed by atoms with van der Waals surface area (Å²) in [5.41, 5.74) is 5.33. The first-order valence-corrected chi connectivity index (χ1v) is 6.72. The molecule has 5 nitrogen and oxygen atoms in total. The lowest BCUT2D eigenvalue weighted by Crippen LogP contribution is -2.68. The van der Waals surface area contributed by atoms with Crippen LogP contribution < -0.4 is 5.73 Å². The van der Waals surface area contributed by atoms with E-state index in [-0.39, 0.29) is 13.1 Å². The Kier molecular flexibility index (Phi) is 3.75. The first-order chi connectivity index (χ1) is 9.21. The van der Waals surface area contributed by atoms with Gasteiger partial charge >= 0.3 is 6.09 Å². The number of amides is 1. The lowest BCUT2D eigenvalue weighted by atomic mass is 9.83. The largest absolute Gasteiger partial charge is 0.444 e. The van der Waals surface area contributed by atoms with Gasteiger partial charge in [0.15, 0.2) is 0 Å². The number of likely N-dealkylation sites (tertiary alicyclic amines) is 1. The Bertz CT molecular complexity index is 476. The summed E-state index contributed by atoms with van der Waals surface area (Å²) in [7, 11) is 0. The maximum Gasteiger partial charge on any atom is 0.410 e. The molecule has 110 valence electrons. The van der Waals surface area contributed by atoms with Gasteiger partial charge < -0.3 is 20.5 Å². The second-order valence-electron chi connectivity index (χ2n) is 6.33. The highest BCUT2D eigenvalue weighted by molar-refractivity contribution is 5.69. The van der Waals surface area contributed by atoms with Crippen LogP contribution in [0.4, 0.5) is 4.79 Å². The number of aliphatic hydroxyl groups is 1. The maximum atomic E-state index is 11.8. The van der Waals surface area contributed by atoms with Crippen LogP contribution in [0.1, 0.15) is 32.4 Å². The predicted molar refractivity (Wildman–Crippen MR) is 76.1 cm³/mol. The third-order valence-electron chi connectivity index (χ3n) is 3.32. The van der Waals surface area contributed by atoms with Crippen molar-refractivity contribution in [3.63, 3.8) is 0 Å².